The van der Waals surface area contributed by atoms with Crippen LogP contribution in [-0.2, 0) is 11.4 Å². The summed E-state index contributed by atoms with van der Waals surface area (Å²) in [5.41, 5.74) is 2.62. The molecule has 192 valence electrons. The standard InChI is InChI=1S/C27H25Cl2N3O5/c1-15(2)25-19(24(30-37-25)23-20(28)4-3-5-21(23)29)14-36-18-6-7-22-16(12-18)9-11-32(22)27(35)31-10-8-17(13-31)26(33)34/h3-7,9,11-12,15,17H,8,10,13-14H2,1-2H3,(H,33,34)/t17-/m0/s1. The molecule has 0 saturated carbocycles. The SMILES string of the molecule is CC(C)c1onc(-c2c(Cl)cccc2Cl)c1COc1ccc2c(ccn2C(=O)N2CC[C@H](C(=O)O)C2)c1. The van der Waals surface area contributed by atoms with Gasteiger partial charge in [-0.2, -0.15) is 0 Å². The van der Waals surface area contributed by atoms with Crippen LogP contribution in [0.1, 0.15) is 37.5 Å². The number of carboxylic acids is 1. The van der Waals surface area contributed by atoms with E-state index in [1.165, 1.54) is 4.57 Å². The van der Waals surface area contributed by atoms with Gasteiger partial charge < -0.3 is 19.3 Å². The topological polar surface area (TPSA) is 97.8 Å². The Morgan fingerprint density at radius 1 is 1.19 bits per heavy atom. The zero-order valence-electron chi connectivity index (χ0n) is 20.3. The van der Waals surface area contributed by atoms with Crippen molar-refractivity contribution in [1.82, 2.24) is 14.6 Å². The Labute approximate surface area is 223 Å². The Balaban J connectivity index is 1.38. The number of likely N-dealkylation sites (tertiary alicyclic amines) is 1. The van der Waals surface area contributed by atoms with Gasteiger partial charge in [-0.25, -0.2) is 4.79 Å². The second-order valence-corrected chi connectivity index (χ2v) is 10.2. The van der Waals surface area contributed by atoms with Gasteiger partial charge in [0, 0.05) is 36.2 Å². The first-order valence-corrected chi connectivity index (χ1v) is 12.7. The molecule has 1 amide bonds. The molecule has 3 heterocycles. The second kappa shape index (κ2) is 10.1. The van der Waals surface area contributed by atoms with Crippen LogP contribution in [0, 0.1) is 5.92 Å². The summed E-state index contributed by atoms with van der Waals surface area (Å²) in [4.78, 5) is 25.8. The van der Waals surface area contributed by atoms with Crippen molar-refractivity contribution >= 4 is 46.1 Å². The van der Waals surface area contributed by atoms with Crippen molar-refractivity contribution in [3.05, 3.63) is 70.0 Å². The van der Waals surface area contributed by atoms with Crippen LogP contribution >= 0.6 is 23.2 Å². The van der Waals surface area contributed by atoms with Crippen LogP contribution in [0.25, 0.3) is 22.2 Å². The van der Waals surface area contributed by atoms with E-state index in [0.717, 1.165) is 10.9 Å². The summed E-state index contributed by atoms with van der Waals surface area (Å²) in [6.07, 6.45) is 2.15. The van der Waals surface area contributed by atoms with E-state index in [1.807, 2.05) is 32.0 Å². The molecule has 1 N–H and O–H groups in total. The van der Waals surface area contributed by atoms with Crippen molar-refractivity contribution < 1.29 is 24.0 Å². The Hall–Kier alpha value is -3.49. The number of carboxylic acid groups (broad SMARTS) is 1. The van der Waals surface area contributed by atoms with E-state index in [-0.39, 0.29) is 25.1 Å². The highest BCUT2D eigenvalue weighted by Crippen LogP contribution is 2.39. The van der Waals surface area contributed by atoms with E-state index in [1.54, 1.807) is 35.4 Å². The minimum atomic E-state index is -0.872. The third-order valence-electron chi connectivity index (χ3n) is 6.60. The molecule has 0 unspecified atom stereocenters. The quantitative estimate of drug-likeness (QED) is 0.292. The molecule has 10 heteroatoms. The molecule has 5 rings (SSSR count). The molecule has 0 bridgehead atoms. The maximum Gasteiger partial charge on any atom is 0.328 e. The van der Waals surface area contributed by atoms with Gasteiger partial charge in [0.2, 0.25) is 0 Å². The molecule has 0 spiro atoms. The van der Waals surface area contributed by atoms with Crippen molar-refractivity contribution in [2.45, 2.75) is 32.8 Å². The number of carbonyl (C=O) groups excluding carboxylic acids is 1. The molecular weight excluding hydrogens is 517 g/mol. The highest BCUT2D eigenvalue weighted by molar-refractivity contribution is 6.39. The Bertz CT molecular complexity index is 1470. The number of ether oxygens (including phenoxy) is 1. The predicted octanol–water partition coefficient (Wildman–Crippen LogP) is 6.68. The van der Waals surface area contributed by atoms with E-state index >= 15 is 0 Å². The van der Waals surface area contributed by atoms with Gasteiger partial charge in [-0.1, -0.05) is 48.3 Å². The number of rotatable bonds is 6. The first kappa shape index (κ1) is 25.2. The number of aliphatic carboxylic acids is 1. The highest BCUT2D eigenvalue weighted by Gasteiger charge is 2.32. The largest absolute Gasteiger partial charge is 0.489 e. The lowest BCUT2D eigenvalue weighted by Gasteiger charge is -2.17. The number of hydrogen-bond donors (Lipinski definition) is 1. The van der Waals surface area contributed by atoms with E-state index in [0.29, 0.717) is 51.3 Å². The van der Waals surface area contributed by atoms with Crippen molar-refractivity contribution in [1.29, 1.82) is 0 Å². The zero-order chi connectivity index (χ0) is 26.3. The lowest BCUT2D eigenvalue weighted by Crippen LogP contribution is -2.33. The first-order chi connectivity index (χ1) is 17.7. The van der Waals surface area contributed by atoms with Crippen molar-refractivity contribution in [3.63, 3.8) is 0 Å². The molecule has 8 nitrogen and oxygen atoms in total. The average molecular weight is 542 g/mol. The first-order valence-electron chi connectivity index (χ1n) is 11.9. The van der Waals surface area contributed by atoms with Crippen LogP contribution in [-0.4, -0.2) is 44.8 Å². The molecule has 0 radical (unpaired) electrons. The number of carbonyl (C=O) groups is 2. The number of fused-ring (bicyclic) bond motifs is 1. The number of amides is 1. The molecule has 1 saturated heterocycles. The maximum atomic E-state index is 13.0. The fourth-order valence-electron chi connectivity index (χ4n) is 4.66. The van der Waals surface area contributed by atoms with Crippen LogP contribution in [0.4, 0.5) is 4.79 Å². The normalized spacial score (nSPS) is 15.6. The van der Waals surface area contributed by atoms with Gasteiger partial charge in [0.25, 0.3) is 0 Å². The summed E-state index contributed by atoms with van der Waals surface area (Å²) in [6.45, 7) is 4.83. The molecule has 1 aliphatic heterocycles. The minimum absolute atomic E-state index is 0.0648. The van der Waals surface area contributed by atoms with Gasteiger partial charge in [0.05, 0.1) is 27.0 Å². The number of aromatic nitrogens is 2. The summed E-state index contributed by atoms with van der Waals surface area (Å²) in [7, 11) is 0. The summed E-state index contributed by atoms with van der Waals surface area (Å²) < 4.78 is 13.3. The average Bonchev–Trinajstić information content (AvgIpc) is 3.60. The highest BCUT2D eigenvalue weighted by atomic mass is 35.5. The number of benzene rings is 2. The summed E-state index contributed by atoms with van der Waals surface area (Å²) >= 11 is 12.9. The van der Waals surface area contributed by atoms with Gasteiger partial charge in [-0.15, -0.1) is 0 Å². The molecule has 1 fully saturated rings. The zero-order valence-corrected chi connectivity index (χ0v) is 21.8. The van der Waals surface area contributed by atoms with Gasteiger partial charge in [-0.3, -0.25) is 9.36 Å². The molecule has 1 atom stereocenters. The number of nitrogens with zero attached hydrogens (tertiary/aromatic N) is 3. The van der Waals surface area contributed by atoms with Gasteiger partial charge >= 0.3 is 12.0 Å². The molecule has 2 aromatic carbocycles. The third kappa shape index (κ3) is 4.79. The summed E-state index contributed by atoms with van der Waals surface area (Å²) in [5.74, 6) is -0.0340. The molecule has 4 aromatic rings. The molecule has 0 aliphatic carbocycles. The Morgan fingerprint density at radius 3 is 2.62 bits per heavy atom. The fourth-order valence-corrected chi connectivity index (χ4v) is 5.23. The van der Waals surface area contributed by atoms with E-state index in [4.69, 9.17) is 32.5 Å². The maximum absolute atomic E-state index is 13.0. The lowest BCUT2D eigenvalue weighted by molar-refractivity contribution is -0.141. The van der Waals surface area contributed by atoms with Crippen LogP contribution in [0.5, 0.6) is 5.75 Å². The monoisotopic (exact) mass is 541 g/mol. The van der Waals surface area contributed by atoms with Crippen LogP contribution in [0.3, 0.4) is 0 Å². The van der Waals surface area contributed by atoms with Crippen molar-refractivity contribution in [3.8, 4) is 17.0 Å². The Kier molecular flexibility index (Phi) is 6.88. The van der Waals surface area contributed by atoms with Crippen molar-refractivity contribution in [2.24, 2.45) is 5.92 Å². The minimum Gasteiger partial charge on any atom is -0.489 e. The molecule has 1 aliphatic rings. The van der Waals surface area contributed by atoms with Gasteiger partial charge in [-0.05, 0) is 42.8 Å². The van der Waals surface area contributed by atoms with Gasteiger partial charge in [0.15, 0.2) is 0 Å². The Morgan fingerprint density at radius 2 is 1.95 bits per heavy atom. The lowest BCUT2D eigenvalue weighted by atomic mass is 10.0. The van der Waals surface area contributed by atoms with E-state index in [2.05, 4.69) is 5.16 Å². The smallest absolute Gasteiger partial charge is 0.328 e. The fraction of sp³-hybridized carbons (Fsp3) is 0.296. The summed E-state index contributed by atoms with van der Waals surface area (Å²) in [5, 5.41) is 15.3. The van der Waals surface area contributed by atoms with Crippen LogP contribution < -0.4 is 4.74 Å². The number of hydrogen-bond acceptors (Lipinski definition) is 5. The molecular formula is C27H25Cl2N3O5. The summed E-state index contributed by atoms with van der Waals surface area (Å²) in [6, 6.07) is 12.3. The third-order valence-corrected chi connectivity index (χ3v) is 7.23. The van der Waals surface area contributed by atoms with Crippen LogP contribution in [0.2, 0.25) is 10.0 Å². The predicted molar refractivity (Wildman–Crippen MR) is 140 cm³/mol. The van der Waals surface area contributed by atoms with E-state index < -0.39 is 11.9 Å². The van der Waals surface area contributed by atoms with Crippen LogP contribution in [0.15, 0.2) is 53.2 Å². The number of halogens is 2. The molecule has 2 aromatic heterocycles. The van der Waals surface area contributed by atoms with Gasteiger partial charge in [0.1, 0.15) is 23.8 Å². The molecule has 37 heavy (non-hydrogen) atoms. The van der Waals surface area contributed by atoms with E-state index in [9.17, 15) is 14.7 Å². The van der Waals surface area contributed by atoms with Crippen molar-refractivity contribution in [2.75, 3.05) is 13.1 Å². The second-order valence-electron chi connectivity index (χ2n) is 9.37.